The molecular formula is C11H13FN4O2S. The first-order chi connectivity index (χ1) is 8.81. The summed E-state index contributed by atoms with van der Waals surface area (Å²) in [5.41, 5.74) is 6.37. The normalized spacial score (nSPS) is 11.5. The Hall–Kier alpha value is -2.09. The van der Waals surface area contributed by atoms with Gasteiger partial charge in [0.1, 0.15) is 5.82 Å². The first-order valence-corrected chi connectivity index (χ1v) is 6.88. The van der Waals surface area contributed by atoms with Gasteiger partial charge in [-0.1, -0.05) is 0 Å². The van der Waals surface area contributed by atoms with Gasteiger partial charge in [0.2, 0.25) is 0 Å². The number of nitrogens with one attached hydrogen (secondary N) is 2. The average molecular weight is 284 g/mol. The highest BCUT2D eigenvalue weighted by Crippen LogP contribution is 2.25. The number of H-pyrrole nitrogens is 1. The number of hydrogen-bond donors (Lipinski definition) is 3. The molecule has 8 heteroatoms. The Bertz CT molecular complexity index is 701. The summed E-state index contributed by atoms with van der Waals surface area (Å²) in [6.45, 7) is 3.06. The van der Waals surface area contributed by atoms with Gasteiger partial charge >= 0.3 is 0 Å². The van der Waals surface area contributed by atoms with Crippen LogP contribution >= 0.6 is 0 Å². The van der Waals surface area contributed by atoms with Crippen LogP contribution in [0.5, 0.6) is 0 Å². The summed E-state index contributed by atoms with van der Waals surface area (Å²) < 4.78 is 40.0. The van der Waals surface area contributed by atoms with Crippen LogP contribution in [0.2, 0.25) is 0 Å². The van der Waals surface area contributed by atoms with Crippen LogP contribution in [-0.4, -0.2) is 18.6 Å². The first kappa shape index (κ1) is 13.3. The minimum Gasteiger partial charge on any atom is -0.394 e. The largest absolute Gasteiger partial charge is 0.394 e. The standard InChI is InChI=1S/C11H13FN4O2S/c1-6-3-8(12)4-7(2)10(6)19(17,18)16-11-9(13)5-14-15-11/h3-5H,13H2,1-2H3,(H2,14,15,16). The van der Waals surface area contributed by atoms with Crippen LogP contribution in [0, 0.1) is 19.7 Å². The number of benzene rings is 1. The number of nitrogens with zero attached hydrogens (tertiary/aromatic N) is 1. The van der Waals surface area contributed by atoms with Crippen molar-refractivity contribution in [2.24, 2.45) is 0 Å². The Balaban J connectivity index is 2.49. The highest BCUT2D eigenvalue weighted by molar-refractivity contribution is 7.92. The summed E-state index contributed by atoms with van der Waals surface area (Å²) >= 11 is 0. The third-order valence-corrected chi connectivity index (χ3v) is 4.25. The number of rotatable bonds is 3. The van der Waals surface area contributed by atoms with E-state index >= 15 is 0 Å². The molecule has 0 saturated carbocycles. The van der Waals surface area contributed by atoms with Crippen LogP contribution in [0.25, 0.3) is 0 Å². The van der Waals surface area contributed by atoms with Gasteiger partial charge in [-0.25, -0.2) is 12.8 Å². The SMILES string of the molecule is Cc1cc(F)cc(C)c1S(=O)(=O)Nc1[nH]ncc1N. The van der Waals surface area contributed by atoms with E-state index in [4.69, 9.17) is 5.73 Å². The molecule has 0 fully saturated rings. The molecule has 4 N–H and O–H groups in total. The number of nitrogen functional groups attached to an aromatic ring is 1. The molecule has 2 aromatic rings. The van der Waals surface area contributed by atoms with Crippen molar-refractivity contribution in [2.75, 3.05) is 10.5 Å². The molecule has 0 aliphatic carbocycles. The van der Waals surface area contributed by atoms with Crippen LogP contribution < -0.4 is 10.5 Å². The summed E-state index contributed by atoms with van der Waals surface area (Å²) in [4.78, 5) is 0.0305. The van der Waals surface area contributed by atoms with Crippen LogP contribution in [-0.2, 0) is 10.0 Å². The summed E-state index contributed by atoms with van der Waals surface area (Å²) in [5.74, 6) is -0.391. The van der Waals surface area contributed by atoms with Crippen molar-refractivity contribution in [3.05, 3.63) is 35.3 Å². The summed E-state index contributed by atoms with van der Waals surface area (Å²) in [6.07, 6.45) is 1.29. The van der Waals surface area contributed by atoms with E-state index in [0.29, 0.717) is 11.1 Å². The maximum Gasteiger partial charge on any atom is 0.263 e. The molecule has 0 unspecified atom stereocenters. The quantitative estimate of drug-likeness (QED) is 0.796. The minimum absolute atomic E-state index is 0.0305. The van der Waals surface area contributed by atoms with Crippen LogP contribution in [0.4, 0.5) is 15.9 Å². The van der Waals surface area contributed by atoms with Gasteiger partial charge in [-0.05, 0) is 37.1 Å². The van der Waals surface area contributed by atoms with Gasteiger partial charge in [0.15, 0.2) is 5.82 Å². The van der Waals surface area contributed by atoms with Crippen LogP contribution in [0.1, 0.15) is 11.1 Å². The Morgan fingerprint density at radius 1 is 1.32 bits per heavy atom. The molecule has 0 amide bonds. The Labute approximate surface area is 109 Å². The molecule has 0 aliphatic heterocycles. The number of aromatic amines is 1. The summed E-state index contributed by atoms with van der Waals surface area (Å²) in [5, 5.41) is 6.06. The van der Waals surface area contributed by atoms with Gasteiger partial charge in [-0.3, -0.25) is 9.82 Å². The van der Waals surface area contributed by atoms with E-state index < -0.39 is 15.8 Å². The number of anilines is 2. The van der Waals surface area contributed by atoms with Crippen molar-refractivity contribution in [1.82, 2.24) is 10.2 Å². The smallest absolute Gasteiger partial charge is 0.263 e. The molecule has 0 saturated heterocycles. The molecule has 1 aromatic heterocycles. The zero-order valence-corrected chi connectivity index (χ0v) is 11.2. The van der Waals surface area contributed by atoms with Gasteiger partial charge < -0.3 is 5.73 Å². The second-order valence-electron chi connectivity index (χ2n) is 4.17. The Kier molecular flexibility index (Phi) is 3.19. The highest BCUT2D eigenvalue weighted by Gasteiger charge is 2.21. The third kappa shape index (κ3) is 2.53. The second kappa shape index (κ2) is 4.54. The molecule has 19 heavy (non-hydrogen) atoms. The number of aryl methyl sites for hydroxylation is 2. The molecule has 2 rings (SSSR count). The van der Waals surface area contributed by atoms with Crippen molar-refractivity contribution >= 4 is 21.5 Å². The number of hydrogen-bond acceptors (Lipinski definition) is 4. The second-order valence-corrected chi connectivity index (χ2v) is 5.79. The van der Waals surface area contributed by atoms with E-state index in [1.165, 1.54) is 20.0 Å². The molecule has 1 heterocycles. The van der Waals surface area contributed by atoms with Crippen LogP contribution in [0.3, 0.4) is 0 Å². The predicted molar refractivity (Wildman–Crippen MR) is 69.7 cm³/mol. The van der Waals surface area contributed by atoms with Crippen molar-refractivity contribution < 1.29 is 12.8 Å². The monoisotopic (exact) mass is 284 g/mol. The topological polar surface area (TPSA) is 101 Å². The van der Waals surface area contributed by atoms with Crippen molar-refractivity contribution in [1.29, 1.82) is 0 Å². The van der Waals surface area contributed by atoms with Crippen molar-refractivity contribution in [3.8, 4) is 0 Å². The van der Waals surface area contributed by atoms with E-state index in [9.17, 15) is 12.8 Å². The number of sulfonamides is 1. The number of nitrogens with two attached hydrogens (primary N) is 1. The van der Waals surface area contributed by atoms with Crippen molar-refractivity contribution in [2.45, 2.75) is 18.7 Å². The third-order valence-electron chi connectivity index (χ3n) is 2.60. The summed E-state index contributed by atoms with van der Waals surface area (Å²) in [6, 6.07) is 2.33. The fraction of sp³-hybridized carbons (Fsp3) is 0.182. The first-order valence-electron chi connectivity index (χ1n) is 5.39. The summed E-state index contributed by atoms with van der Waals surface area (Å²) in [7, 11) is -3.85. The van der Waals surface area contributed by atoms with E-state index in [2.05, 4.69) is 14.9 Å². The molecule has 6 nitrogen and oxygen atoms in total. The Morgan fingerprint density at radius 3 is 2.37 bits per heavy atom. The van der Waals surface area contributed by atoms with Crippen LogP contribution in [0.15, 0.2) is 23.2 Å². The molecule has 1 aromatic carbocycles. The fourth-order valence-corrected chi connectivity index (χ4v) is 3.38. The van der Waals surface area contributed by atoms with Gasteiger partial charge in [0, 0.05) is 0 Å². The maximum absolute atomic E-state index is 13.2. The molecule has 102 valence electrons. The molecule has 0 spiro atoms. The zero-order chi connectivity index (χ0) is 14.2. The van der Waals surface area contributed by atoms with E-state index in [-0.39, 0.29) is 16.4 Å². The predicted octanol–water partition coefficient (Wildman–Crippen LogP) is 1.55. The minimum atomic E-state index is -3.85. The lowest BCUT2D eigenvalue weighted by Crippen LogP contribution is -2.17. The van der Waals surface area contributed by atoms with E-state index in [1.807, 2.05) is 0 Å². The molecular weight excluding hydrogens is 271 g/mol. The van der Waals surface area contributed by atoms with Crippen molar-refractivity contribution in [3.63, 3.8) is 0 Å². The molecule has 0 aliphatic rings. The zero-order valence-electron chi connectivity index (χ0n) is 10.4. The Morgan fingerprint density at radius 2 is 1.89 bits per heavy atom. The lowest BCUT2D eigenvalue weighted by atomic mass is 10.1. The maximum atomic E-state index is 13.2. The lowest BCUT2D eigenvalue weighted by molar-refractivity contribution is 0.597. The lowest BCUT2D eigenvalue weighted by Gasteiger charge is -2.12. The van der Waals surface area contributed by atoms with E-state index in [0.717, 1.165) is 12.1 Å². The highest BCUT2D eigenvalue weighted by atomic mass is 32.2. The molecule has 0 bridgehead atoms. The molecule has 0 atom stereocenters. The van der Waals surface area contributed by atoms with Gasteiger partial charge in [0.25, 0.3) is 10.0 Å². The average Bonchev–Trinajstić information content (AvgIpc) is 2.61. The van der Waals surface area contributed by atoms with Gasteiger partial charge in [0.05, 0.1) is 16.8 Å². The number of aromatic nitrogens is 2. The number of halogens is 1. The van der Waals surface area contributed by atoms with E-state index in [1.54, 1.807) is 0 Å². The van der Waals surface area contributed by atoms with Gasteiger partial charge in [-0.15, -0.1) is 0 Å². The fourth-order valence-electron chi connectivity index (χ4n) is 1.88. The molecule has 0 radical (unpaired) electrons. The van der Waals surface area contributed by atoms with Gasteiger partial charge in [-0.2, -0.15) is 5.10 Å².